The summed E-state index contributed by atoms with van der Waals surface area (Å²) in [5.41, 5.74) is 3.63. The molecule has 2 rings (SSSR count). The van der Waals surface area contributed by atoms with Crippen LogP contribution in [0.3, 0.4) is 0 Å². The van der Waals surface area contributed by atoms with Crippen molar-refractivity contribution in [3.05, 3.63) is 45.4 Å². The zero-order valence-corrected chi connectivity index (χ0v) is 13.5. The molecular weight excluding hydrogens is 286 g/mol. The van der Waals surface area contributed by atoms with E-state index >= 15 is 0 Å². The highest BCUT2D eigenvalue weighted by atomic mass is 32.2. The number of hydrogen-bond donors (Lipinski definition) is 1. The van der Waals surface area contributed by atoms with Crippen molar-refractivity contribution in [3.63, 3.8) is 0 Å². The van der Waals surface area contributed by atoms with E-state index in [1.807, 2.05) is 0 Å². The first-order valence-electron chi connectivity index (χ1n) is 6.95. The summed E-state index contributed by atoms with van der Waals surface area (Å²) in [6.07, 6.45) is 0.799. The van der Waals surface area contributed by atoms with Crippen LogP contribution in [0.1, 0.15) is 23.1 Å². The molecule has 0 aliphatic carbocycles. The molecule has 0 amide bonds. The van der Waals surface area contributed by atoms with Gasteiger partial charge in [-0.2, -0.15) is 0 Å². The van der Waals surface area contributed by atoms with Gasteiger partial charge in [-0.3, -0.25) is 4.57 Å². The van der Waals surface area contributed by atoms with Crippen LogP contribution in [-0.2, 0) is 17.0 Å². The second-order valence-electron chi connectivity index (χ2n) is 5.03. The van der Waals surface area contributed by atoms with E-state index in [0.29, 0.717) is 13.2 Å². The van der Waals surface area contributed by atoms with Gasteiger partial charge in [0.2, 0.25) is 0 Å². The molecule has 0 saturated heterocycles. The predicted octanol–water partition coefficient (Wildman–Crippen LogP) is 2.52. The number of aromatic nitrogens is 3. The first kappa shape index (κ1) is 15.9. The van der Waals surface area contributed by atoms with E-state index in [-0.39, 0.29) is 5.69 Å². The molecule has 1 aromatic heterocycles. The van der Waals surface area contributed by atoms with Gasteiger partial charge >= 0.3 is 5.69 Å². The van der Waals surface area contributed by atoms with Crippen molar-refractivity contribution in [2.24, 2.45) is 0 Å². The number of benzene rings is 1. The van der Waals surface area contributed by atoms with E-state index in [9.17, 15) is 4.79 Å². The molecule has 6 heteroatoms. The lowest BCUT2D eigenvalue weighted by Gasteiger charge is -2.08. The van der Waals surface area contributed by atoms with Gasteiger partial charge < -0.3 is 4.74 Å². The molecule has 0 spiro atoms. The summed E-state index contributed by atoms with van der Waals surface area (Å²) in [6, 6.07) is 6.42. The molecule has 1 heterocycles. The van der Waals surface area contributed by atoms with Crippen molar-refractivity contribution < 1.29 is 4.74 Å². The molecule has 114 valence electrons. The number of hydrogen-bond acceptors (Lipinski definition) is 4. The highest BCUT2D eigenvalue weighted by Gasteiger charge is 2.09. The summed E-state index contributed by atoms with van der Waals surface area (Å²) in [5.74, 6) is 0.808. The fourth-order valence-electron chi connectivity index (χ4n) is 2.08. The lowest BCUT2D eigenvalue weighted by molar-refractivity contribution is 0.189. The van der Waals surface area contributed by atoms with Crippen LogP contribution < -0.4 is 5.69 Å². The third-order valence-electron chi connectivity index (χ3n) is 3.31. The van der Waals surface area contributed by atoms with E-state index in [1.54, 1.807) is 23.4 Å². The maximum Gasteiger partial charge on any atom is 0.343 e. The van der Waals surface area contributed by atoms with Gasteiger partial charge in [-0.15, -0.1) is 5.10 Å². The number of methoxy groups -OCH3 is 1. The molecule has 0 fully saturated rings. The molecule has 0 aliphatic rings. The van der Waals surface area contributed by atoms with E-state index in [2.05, 4.69) is 42.2 Å². The molecule has 21 heavy (non-hydrogen) atoms. The second-order valence-corrected chi connectivity index (χ2v) is 5.97. The van der Waals surface area contributed by atoms with Crippen molar-refractivity contribution in [1.29, 1.82) is 0 Å². The van der Waals surface area contributed by atoms with Crippen molar-refractivity contribution >= 4 is 11.8 Å². The standard InChI is InChI=1S/C15H21N3O2S/c1-11-5-6-12(2)13(9-11)10-21-15-17-16-14(19)18(15)7-4-8-20-3/h5-6,9H,4,7-8,10H2,1-3H3,(H,16,19). The van der Waals surface area contributed by atoms with Crippen LogP contribution in [0.25, 0.3) is 0 Å². The van der Waals surface area contributed by atoms with Gasteiger partial charge in [0.15, 0.2) is 5.16 Å². The fourth-order valence-corrected chi connectivity index (χ4v) is 3.11. The summed E-state index contributed by atoms with van der Waals surface area (Å²) >= 11 is 1.58. The molecule has 0 bridgehead atoms. The Hall–Kier alpha value is -1.53. The molecule has 0 unspecified atom stereocenters. The van der Waals surface area contributed by atoms with E-state index < -0.39 is 0 Å². The van der Waals surface area contributed by atoms with E-state index in [0.717, 1.165) is 17.3 Å². The Balaban J connectivity index is 2.06. The summed E-state index contributed by atoms with van der Waals surface area (Å²) in [5, 5.41) is 7.36. The van der Waals surface area contributed by atoms with Crippen molar-refractivity contribution in [2.45, 2.75) is 37.7 Å². The van der Waals surface area contributed by atoms with Crippen LogP contribution in [0.2, 0.25) is 0 Å². The Morgan fingerprint density at radius 3 is 2.95 bits per heavy atom. The molecular formula is C15H21N3O2S. The summed E-state index contributed by atoms with van der Waals surface area (Å²) in [4.78, 5) is 11.8. The maximum absolute atomic E-state index is 11.8. The SMILES string of the molecule is COCCCn1c(SCc2cc(C)ccc2C)n[nH]c1=O. The third kappa shape index (κ3) is 4.22. The van der Waals surface area contributed by atoms with Crippen LogP contribution >= 0.6 is 11.8 Å². The zero-order valence-electron chi connectivity index (χ0n) is 12.7. The van der Waals surface area contributed by atoms with Crippen molar-refractivity contribution in [2.75, 3.05) is 13.7 Å². The Morgan fingerprint density at radius 1 is 1.38 bits per heavy atom. The predicted molar refractivity (Wildman–Crippen MR) is 84.8 cm³/mol. The van der Waals surface area contributed by atoms with E-state index in [4.69, 9.17) is 4.74 Å². The number of aryl methyl sites for hydroxylation is 2. The number of thioether (sulfide) groups is 1. The van der Waals surface area contributed by atoms with Gasteiger partial charge in [0.05, 0.1) is 0 Å². The lowest BCUT2D eigenvalue weighted by atomic mass is 10.1. The van der Waals surface area contributed by atoms with Crippen LogP contribution in [0.15, 0.2) is 28.2 Å². The molecule has 0 radical (unpaired) electrons. The number of aromatic amines is 1. The van der Waals surface area contributed by atoms with Gasteiger partial charge in [0.25, 0.3) is 0 Å². The molecule has 5 nitrogen and oxygen atoms in total. The van der Waals surface area contributed by atoms with Crippen LogP contribution in [0, 0.1) is 13.8 Å². The highest BCUT2D eigenvalue weighted by Crippen LogP contribution is 2.22. The van der Waals surface area contributed by atoms with Gasteiger partial charge in [-0.25, -0.2) is 9.89 Å². The van der Waals surface area contributed by atoms with Gasteiger partial charge in [0.1, 0.15) is 0 Å². The first-order valence-corrected chi connectivity index (χ1v) is 7.93. The molecule has 0 saturated carbocycles. The van der Waals surface area contributed by atoms with Crippen LogP contribution in [0.4, 0.5) is 0 Å². The second kappa shape index (κ2) is 7.47. The summed E-state index contributed by atoms with van der Waals surface area (Å²) in [6.45, 7) is 5.45. The third-order valence-corrected chi connectivity index (χ3v) is 4.34. The van der Waals surface area contributed by atoms with Crippen LogP contribution in [-0.4, -0.2) is 28.5 Å². The smallest absolute Gasteiger partial charge is 0.343 e. The maximum atomic E-state index is 11.8. The number of H-pyrrole nitrogens is 1. The lowest BCUT2D eigenvalue weighted by Crippen LogP contribution is -2.18. The Labute approximate surface area is 128 Å². The number of ether oxygens (including phenoxy) is 1. The molecule has 0 atom stereocenters. The minimum Gasteiger partial charge on any atom is -0.385 e. The molecule has 0 aliphatic heterocycles. The van der Waals surface area contributed by atoms with Crippen molar-refractivity contribution in [1.82, 2.24) is 14.8 Å². The average Bonchev–Trinajstić information content (AvgIpc) is 2.81. The van der Waals surface area contributed by atoms with Crippen LogP contribution in [0.5, 0.6) is 0 Å². The Bertz CT molecular complexity index is 649. The number of nitrogens with zero attached hydrogens (tertiary/aromatic N) is 2. The van der Waals surface area contributed by atoms with Gasteiger partial charge in [-0.05, 0) is 31.4 Å². The first-order chi connectivity index (χ1) is 10.1. The molecule has 1 N–H and O–H groups in total. The minimum absolute atomic E-state index is 0.158. The molecule has 2 aromatic rings. The highest BCUT2D eigenvalue weighted by molar-refractivity contribution is 7.98. The van der Waals surface area contributed by atoms with Crippen molar-refractivity contribution in [3.8, 4) is 0 Å². The normalized spacial score (nSPS) is 11.0. The topological polar surface area (TPSA) is 59.9 Å². The Morgan fingerprint density at radius 2 is 2.19 bits per heavy atom. The zero-order chi connectivity index (χ0) is 15.2. The van der Waals surface area contributed by atoms with E-state index in [1.165, 1.54) is 16.7 Å². The minimum atomic E-state index is -0.158. The number of rotatable bonds is 7. The quantitative estimate of drug-likeness (QED) is 0.631. The molecule has 1 aromatic carbocycles. The Kier molecular flexibility index (Phi) is 5.64. The summed E-state index contributed by atoms with van der Waals surface area (Å²) < 4.78 is 6.70. The van der Waals surface area contributed by atoms with Gasteiger partial charge in [0, 0.05) is 26.0 Å². The average molecular weight is 307 g/mol. The summed E-state index contributed by atoms with van der Waals surface area (Å²) in [7, 11) is 1.66. The monoisotopic (exact) mass is 307 g/mol. The number of nitrogens with one attached hydrogen (secondary N) is 1. The fraction of sp³-hybridized carbons (Fsp3) is 0.467. The van der Waals surface area contributed by atoms with Gasteiger partial charge in [-0.1, -0.05) is 35.5 Å². The largest absolute Gasteiger partial charge is 0.385 e.